The van der Waals surface area contributed by atoms with Crippen LogP contribution in [0.2, 0.25) is 5.02 Å². The van der Waals surface area contributed by atoms with Gasteiger partial charge in [-0.2, -0.15) is 0 Å². The summed E-state index contributed by atoms with van der Waals surface area (Å²) in [4.78, 5) is 16.9. The third-order valence-corrected chi connectivity index (χ3v) is 5.55. The van der Waals surface area contributed by atoms with Crippen LogP contribution in [0.3, 0.4) is 0 Å². The number of hydrogen-bond donors (Lipinski definition) is 0. The summed E-state index contributed by atoms with van der Waals surface area (Å²) in [5, 5.41) is 0.590. The van der Waals surface area contributed by atoms with Gasteiger partial charge in [0.1, 0.15) is 0 Å². The van der Waals surface area contributed by atoms with Gasteiger partial charge in [-0.1, -0.05) is 17.7 Å². The Hall–Kier alpha value is -1.50. The molecule has 2 aliphatic heterocycles. The fourth-order valence-electron chi connectivity index (χ4n) is 3.63. The number of rotatable bonds is 5. The molecule has 1 amide bonds. The third-order valence-electron chi connectivity index (χ3n) is 5.14. The number of benzene rings is 1. The number of halogens is 1. The Morgan fingerprint density at radius 1 is 1.23 bits per heavy atom. The third kappa shape index (κ3) is 4.24. The van der Waals surface area contributed by atoms with E-state index < -0.39 is 0 Å². The molecule has 2 aliphatic rings. The molecule has 0 aromatic heterocycles. The van der Waals surface area contributed by atoms with Gasteiger partial charge >= 0.3 is 0 Å². The largest absolute Gasteiger partial charge is 0.493 e. The summed E-state index contributed by atoms with van der Waals surface area (Å²) in [6, 6.07) is 3.86. The van der Waals surface area contributed by atoms with Gasteiger partial charge in [0.15, 0.2) is 11.5 Å². The maximum Gasteiger partial charge on any atom is 0.228 e. The number of ether oxygens (including phenoxy) is 3. The summed E-state index contributed by atoms with van der Waals surface area (Å²) in [6.07, 6.45) is 1.81. The van der Waals surface area contributed by atoms with Crippen LogP contribution in [-0.2, 0) is 16.1 Å². The molecule has 0 aliphatic carbocycles. The minimum Gasteiger partial charge on any atom is -0.493 e. The van der Waals surface area contributed by atoms with E-state index in [1.807, 2.05) is 17.0 Å². The van der Waals surface area contributed by atoms with E-state index in [0.717, 1.165) is 51.1 Å². The number of methoxy groups -OCH3 is 2. The van der Waals surface area contributed by atoms with E-state index in [1.165, 1.54) is 0 Å². The molecule has 2 saturated heterocycles. The van der Waals surface area contributed by atoms with Crippen LogP contribution in [-0.4, -0.2) is 69.3 Å². The van der Waals surface area contributed by atoms with Crippen molar-refractivity contribution in [3.8, 4) is 11.5 Å². The van der Waals surface area contributed by atoms with Crippen molar-refractivity contribution in [2.24, 2.45) is 5.92 Å². The fraction of sp³-hybridized carbons (Fsp3) is 0.632. The van der Waals surface area contributed by atoms with E-state index >= 15 is 0 Å². The van der Waals surface area contributed by atoms with Crippen LogP contribution in [0.5, 0.6) is 11.5 Å². The molecular formula is C19H27ClN2O4. The lowest BCUT2D eigenvalue weighted by molar-refractivity contribution is -0.135. The Bertz CT molecular complexity index is 634. The predicted molar refractivity (Wildman–Crippen MR) is 100.0 cm³/mol. The molecule has 7 heteroatoms. The topological polar surface area (TPSA) is 51.2 Å². The average molecular weight is 383 g/mol. The number of nitrogens with zero attached hydrogens (tertiary/aromatic N) is 2. The molecule has 1 aromatic carbocycles. The number of hydrogen-bond acceptors (Lipinski definition) is 5. The minimum absolute atomic E-state index is 0.0434. The molecule has 1 unspecified atom stereocenters. The van der Waals surface area contributed by atoms with Gasteiger partial charge in [0.2, 0.25) is 5.91 Å². The predicted octanol–water partition coefficient (Wildman–Crippen LogP) is 2.43. The Balaban J connectivity index is 1.62. The van der Waals surface area contributed by atoms with Crippen molar-refractivity contribution < 1.29 is 19.0 Å². The molecule has 0 N–H and O–H groups in total. The van der Waals surface area contributed by atoms with Crippen molar-refractivity contribution >= 4 is 17.5 Å². The van der Waals surface area contributed by atoms with Gasteiger partial charge in [-0.25, -0.2) is 0 Å². The molecule has 0 spiro atoms. The highest BCUT2D eigenvalue weighted by molar-refractivity contribution is 6.33. The van der Waals surface area contributed by atoms with E-state index in [2.05, 4.69) is 4.90 Å². The molecule has 26 heavy (non-hydrogen) atoms. The van der Waals surface area contributed by atoms with Gasteiger partial charge in [0.05, 0.1) is 31.8 Å². The van der Waals surface area contributed by atoms with Gasteiger partial charge in [-0.15, -0.1) is 0 Å². The molecule has 2 fully saturated rings. The van der Waals surface area contributed by atoms with E-state index in [9.17, 15) is 4.79 Å². The molecule has 2 heterocycles. The van der Waals surface area contributed by atoms with Gasteiger partial charge < -0.3 is 19.1 Å². The summed E-state index contributed by atoms with van der Waals surface area (Å²) < 4.78 is 16.0. The Morgan fingerprint density at radius 3 is 2.77 bits per heavy atom. The highest BCUT2D eigenvalue weighted by Gasteiger charge is 2.29. The van der Waals surface area contributed by atoms with Crippen molar-refractivity contribution in [3.05, 3.63) is 22.7 Å². The second-order valence-corrected chi connectivity index (χ2v) is 7.17. The summed E-state index contributed by atoms with van der Waals surface area (Å²) in [5.74, 6) is 1.49. The Labute approximate surface area is 159 Å². The van der Waals surface area contributed by atoms with Gasteiger partial charge in [-0.3, -0.25) is 9.69 Å². The lowest BCUT2D eigenvalue weighted by atomic mass is 10.1. The SMILES string of the molecule is COc1ccc(CN2CCCN(C(=O)C3CCOC3)CC2)c(Cl)c1OC. The first-order chi connectivity index (χ1) is 12.6. The van der Waals surface area contributed by atoms with Gasteiger partial charge in [0, 0.05) is 39.3 Å². The number of amides is 1. The van der Waals surface area contributed by atoms with Gasteiger partial charge in [-0.05, 0) is 24.5 Å². The lowest BCUT2D eigenvalue weighted by Crippen LogP contribution is -2.39. The molecule has 144 valence electrons. The maximum atomic E-state index is 12.6. The van der Waals surface area contributed by atoms with Crippen LogP contribution in [0.1, 0.15) is 18.4 Å². The molecule has 1 aromatic rings. The second-order valence-electron chi connectivity index (χ2n) is 6.79. The Morgan fingerprint density at radius 2 is 2.08 bits per heavy atom. The molecular weight excluding hydrogens is 356 g/mol. The van der Waals surface area contributed by atoms with Crippen molar-refractivity contribution in [2.75, 3.05) is 53.6 Å². The maximum absolute atomic E-state index is 12.6. The van der Waals surface area contributed by atoms with Crippen molar-refractivity contribution in [2.45, 2.75) is 19.4 Å². The zero-order valence-corrected chi connectivity index (χ0v) is 16.3. The van der Waals surface area contributed by atoms with Crippen LogP contribution in [0.4, 0.5) is 0 Å². The van der Waals surface area contributed by atoms with Crippen molar-refractivity contribution in [3.63, 3.8) is 0 Å². The highest BCUT2D eigenvalue weighted by atomic mass is 35.5. The highest BCUT2D eigenvalue weighted by Crippen LogP contribution is 2.37. The quantitative estimate of drug-likeness (QED) is 0.782. The van der Waals surface area contributed by atoms with Crippen molar-refractivity contribution in [1.82, 2.24) is 9.80 Å². The zero-order valence-electron chi connectivity index (χ0n) is 15.5. The smallest absolute Gasteiger partial charge is 0.228 e. The van der Waals surface area contributed by atoms with E-state index in [0.29, 0.717) is 29.7 Å². The standard InChI is InChI=1S/C19H27ClN2O4/c1-24-16-5-4-14(17(20)18(16)25-2)12-21-7-3-8-22(10-9-21)19(23)15-6-11-26-13-15/h4-5,15H,3,6-13H2,1-2H3. The normalized spacial score (nSPS) is 21.5. The fourth-order valence-corrected chi connectivity index (χ4v) is 3.92. The minimum atomic E-state index is 0.0434. The van der Waals surface area contributed by atoms with Crippen LogP contribution in [0, 0.1) is 5.92 Å². The van der Waals surface area contributed by atoms with Crippen LogP contribution < -0.4 is 9.47 Å². The molecule has 3 rings (SSSR count). The van der Waals surface area contributed by atoms with Gasteiger partial charge in [0.25, 0.3) is 0 Å². The average Bonchev–Trinajstić information content (AvgIpc) is 3.09. The van der Waals surface area contributed by atoms with Crippen LogP contribution >= 0.6 is 11.6 Å². The van der Waals surface area contributed by atoms with Crippen molar-refractivity contribution in [1.29, 1.82) is 0 Å². The molecule has 6 nitrogen and oxygen atoms in total. The monoisotopic (exact) mass is 382 g/mol. The molecule has 1 atom stereocenters. The number of carbonyl (C=O) groups excluding carboxylic acids is 1. The molecule has 0 radical (unpaired) electrons. The first-order valence-electron chi connectivity index (χ1n) is 9.12. The second kappa shape index (κ2) is 8.93. The summed E-state index contributed by atoms with van der Waals surface area (Å²) in [5.41, 5.74) is 1.01. The molecule has 0 bridgehead atoms. The first kappa shape index (κ1) is 19.3. The zero-order chi connectivity index (χ0) is 18.5. The number of carbonyl (C=O) groups is 1. The summed E-state index contributed by atoms with van der Waals surface area (Å²) in [6.45, 7) is 5.34. The van der Waals surface area contributed by atoms with E-state index in [1.54, 1.807) is 14.2 Å². The van der Waals surface area contributed by atoms with E-state index in [4.69, 9.17) is 25.8 Å². The summed E-state index contributed by atoms with van der Waals surface area (Å²) in [7, 11) is 3.19. The van der Waals surface area contributed by atoms with Crippen LogP contribution in [0.25, 0.3) is 0 Å². The Kier molecular flexibility index (Phi) is 6.62. The van der Waals surface area contributed by atoms with Crippen LogP contribution in [0.15, 0.2) is 12.1 Å². The lowest BCUT2D eigenvalue weighted by Gasteiger charge is -2.24. The first-order valence-corrected chi connectivity index (χ1v) is 9.50. The molecule has 0 saturated carbocycles. The van der Waals surface area contributed by atoms with E-state index in [-0.39, 0.29) is 11.8 Å². The summed E-state index contributed by atoms with van der Waals surface area (Å²) >= 11 is 6.51.